The van der Waals surface area contributed by atoms with Gasteiger partial charge in [-0.15, -0.1) is 11.8 Å². The second kappa shape index (κ2) is 6.71. The molecule has 2 aromatic heterocycles. The van der Waals surface area contributed by atoms with E-state index in [1.165, 1.54) is 32.0 Å². The van der Waals surface area contributed by atoms with Crippen molar-refractivity contribution in [3.63, 3.8) is 0 Å². The van der Waals surface area contributed by atoms with E-state index in [9.17, 15) is 4.79 Å². The van der Waals surface area contributed by atoms with Crippen molar-refractivity contribution in [3.05, 3.63) is 30.9 Å². The van der Waals surface area contributed by atoms with Gasteiger partial charge in [-0.25, -0.2) is 14.6 Å². The number of hydrogen-bond acceptors (Lipinski definition) is 5. The Balaban J connectivity index is 1.56. The average Bonchev–Trinajstić information content (AvgIpc) is 3.19. The van der Waals surface area contributed by atoms with Gasteiger partial charge in [0.2, 0.25) is 5.91 Å². The van der Waals surface area contributed by atoms with E-state index in [0.29, 0.717) is 22.6 Å². The zero-order valence-corrected chi connectivity index (χ0v) is 12.4. The van der Waals surface area contributed by atoms with Crippen LogP contribution in [-0.2, 0) is 4.79 Å². The maximum Gasteiger partial charge on any atom is 0.235 e. The number of anilines is 1. The maximum absolute atomic E-state index is 12.0. The summed E-state index contributed by atoms with van der Waals surface area (Å²) in [6, 6.07) is 3.53. The van der Waals surface area contributed by atoms with Gasteiger partial charge in [0.1, 0.15) is 12.1 Å². The Morgan fingerprint density at radius 1 is 1.38 bits per heavy atom. The smallest absolute Gasteiger partial charge is 0.235 e. The molecule has 0 aliphatic heterocycles. The second-order valence-corrected chi connectivity index (χ2v) is 6.27. The fraction of sp³-hybridized carbons (Fsp3) is 0.429. The van der Waals surface area contributed by atoms with Crippen LogP contribution in [-0.4, -0.2) is 36.7 Å². The molecule has 0 aromatic carbocycles. The minimum atomic E-state index is -0.0167. The normalized spacial score (nSPS) is 15.2. The lowest BCUT2D eigenvalue weighted by Gasteiger charge is -2.09. The first-order valence-electron chi connectivity index (χ1n) is 7.05. The molecular weight excluding hydrogens is 286 g/mol. The van der Waals surface area contributed by atoms with Gasteiger partial charge in [-0.2, -0.15) is 5.10 Å². The molecule has 2 aromatic rings. The lowest BCUT2D eigenvalue weighted by molar-refractivity contribution is -0.113. The van der Waals surface area contributed by atoms with E-state index >= 15 is 0 Å². The molecule has 21 heavy (non-hydrogen) atoms. The van der Waals surface area contributed by atoms with E-state index in [1.54, 1.807) is 34.9 Å². The number of nitrogens with zero attached hydrogens (tertiary/aromatic N) is 4. The highest BCUT2D eigenvalue weighted by Gasteiger charge is 2.16. The van der Waals surface area contributed by atoms with Crippen molar-refractivity contribution in [3.8, 4) is 5.82 Å². The summed E-state index contributed by atoms with van der Waals surface area (Å²) in [5.74, 6) is 1.60. The van der Waals surface area contributed by atoms with Gasteiger partial charge in [-0.1, -0.05) is 12.8 Å². The summed E-state index contributed by atoms with van der Waals surface area (Å²) in [7, 11) is 0. The summed E-state index contributed by atoms with van der Waals surface area (Å²) in [5, 5.41) is 7.56. The van der Waals surface area contributed by atoms with E-state index in [4.69, 9.17) is 0 Å². The molecule has 1 N–H and O–H groups in total. The van der Waals surface area contributed by atoms with Crippen molar-refractivity contribution in [2.75, 3.05) is 11.1 Å². The van der Waals surface area contributed by atoms with Crippen LogP contribution >= 0.6 is 11.8 Å². The fourth-order valence-electron chi connectivity index (χ4n) is 2.37. The Bertz CT molecular complexity index is 595. The number of carbonyl (C=O) groups excluding carboxylic acids is 1. The van der Waals surface area contributed by atoms with Crippen molar-refractivity contribution in [2.45, 2.75) is 30.9 Å². The number of amides is 1. The Labute approximate surface area is 127 Å². The predicted octanol–water partition coefficient (Wildman–Crippen LogP) is 2.28. The van der Waals surface area contributed by atoms with Gasteiger partial charge in [0, 0.05) is 23.7 Å². The zero-order chi connectivity index (χ0) is 14.5. The monoisotopic (exact) mass is 303 g/mol. The van der Waals surface area contributed by atoms with Crippen molar-refractivity contribution in [1.29, 1.82) is 0 Å². The summed E-state index contributed by atoms with van der Waals surface area (Å²) >= 11 is 1.74. The molecule has 1 aliphatic carbocycles. The topological polar surface area (TPSA) is 72.7 Å². The summed E-state index contributed by atoms with van der Waals surface area (Å²) < 4.78 is 1.63. The number of thioether (sulfide) groups is 1. The third-order valence-electron chi connectivity index (χ3n) is 3.41. The molecule has 1 saturated carbocycles. The summed E-state index contributed by atoms with van der Waals surface area (Å²) in [5.41, 5.74) is 0. The zero-order valence-electron chi connectivity index (χ0n) is 11.6. The first-order chi connectivity index (χ1) is 10.3. The number of rotatable bonds is 5. The van der Waals surface area contributed by atoms with Gasteiger partial charge >= 0.3 is 0 Å². The lowest BCUT2D eigenvalue weighted by atomic mass is 10.4. The fourth-order valence-corrected chi connectivity index (χ4v) is 3.50. The molecule has 3 rings (SSSR count). The molecule has 1 aliphatic rings. The largest absolute Gasteiger partial charge is 0.310 e. The van der Waals surface area contributed by atoms with Crippen LogP contribution in [0, 0.1) is 0 Å². The molecule has 0 radical (unpaired) electrons. The molecule has 7 heteroatoms. The van der Waals surface area contributed by atoms with Crippen molar-refractivity contribution in [1.82, 2.24) is 19.7 Å². The van der Waals surface area contributed by atoms with Gasteiger partial charge < -0.3 is 5.32 Å². The lowest BCUT2D eigenvalue weighted by Crippen LogP contribution is -2.17. The summed E-state index contributed by atoms with van der Waals surface area (Å²) in [4.78, 5) is 20.2. The van der Waals surface area contributed by atoms with Gasteiger partial charge in [-0.05, 0) is 18.9 Å². The van der Waals surface area contributed by atoms with Crippen LogP contribution in [0.25, 0.3) is 5.82 Å². The highest BCUT2D eigenvalue weighted by molar-refractivity contribution is 8.00. The minimum Gasteiger partial charge on any atom is -0.310 e. The first-order valence-corrected chi connectivity index (χ1v) is 8.09. The molecule has 0 bridgehead atoms. The minimum absolute atomic E-state index is 0.0167. The van der Waals surface area contributed by atoms with Crippen molar-refractivity contribution in [2.24, 2.45) is 0 Å². The van der Waals surface area contributed by atoms with Crippen LogP contribution in [0.4, 0.5) is 5.82 Å². The highest BCUT2D eigenvalue weighted by atomic mass is 32.2. The molecule has 110 valence electrons. The molecule has 6 nitrogen and oxygen atoms in total. The molecule has 1 fully saturated rings. The SMILES string of the molecule is O=C(CSC1CCCC1)Nc1cc(-n2cccn2)ncn1. The summed E-state index contributed by atoms with van der Waals surface area (Å²) in [6.45, 7) is 0. The van der Waals surface area contributed by atoms with Crippen LogP contribution in [0.1, 0.15) is 25.7 Å². The maximum atomic E-state index is 12.0. The number of carbonyl (C=O) groups is 1. The van der Waals surface area contributed by atoms with Crippen LogP contribution in [0.5, 0.6) is 0 Å². The van der Waals surface area contributed by atoms with Gasteiger partial charge in [-0.3, -0.25) is 4.79 Å². The number of aromatic nitrogens is 4. The quantitative estimate of drug-likeness (QED) is 0.917. The number of hydrogen-bond donors (Lipinski definition) is 1. The average molecular weight is 303 g/mol. The molecule has 0 atom stereocenters. The van der Waals surface area contributed by atoms with Crippen LogP contribution in [0.2, 0.25) is 0 Å². The van der Waals surface area contributed by atoms with E-state index < -0.39 is 0 Å². The third kappa shape index (κ3) is 3.81. The molecule has 2 heterocycles. The van der Waals surface area contributed by atoms with E-state index in [-0.39, 0.29) is 5.91 Å². The first kappa shape index (κ1) is 14.1. The van der Waals surface area contributed by atoms with E-state index in [2.05, 4.69) is 20.4 Å². The van der Waals surface area contributed by atoms with Crippen molar-refractivity contribution >= 4 is 23.5 Å². The standard InChI is InChI=1S/C14H17N5OS/c20-14(9-21-11-4-1-2-5-11)18-12-8-13(16-10-15-12)19-7-3-6-17-19/h3,6-8,10-11H,1-2,4-5,9H2,(H,15,16,18,20). The van der Waals surface area contributed by atoms with Gasteiger partial charge in [0.05, 0.1) is 5.75 Å². The highest BCUT2D eigenvalue weighted by Crippen LogP contribution is 2.29. The molecule has 0 unspecified atom stereocenters. The Morgan fingerprint density at radius 3 is 3.00 bits per heavy atom. The Morgan fingerprint density at radius 2 is 2.24 bits per heavy atom. The van der Waals surface area contributed by atoms with Gasteiger partial charge in [0.25, 0.3) is 0 Å². The van der Waals surface area contributed by atoms with Crippen LogP contribution in [0.15, 0.2) is 30.9 Å². The Kier molecular flexibility index (Phi) is 4.49. The predicted molar refractivity (Wildman–Crippen MR) is 82.5 cm³/mol. The summed E-state index contributed by atoms with van der Waals surface area (Å²) in [6.07, 6.45) is 9.94. The second-order valence-electron chi connectivity index (χ2n) is 4.98. The molecule has 0 spiro atoms. The number of nitrogens with one attached hydrogen (secondary N) is 1. The third-order valence-corrected chi connectivity index (χ3v) is 4.78. The van der Waals surface area contributed by atoms with Crippen LogP contribution in [0.3, 0.4) is 0 Å². The Hall–Kier alpha value is -1.89. The molecule has 1 amide bonds. The van der Waals surface area contributed by atoms with E-state index in [1.807, 2.05) is 6.07 Å². The van der Waals surface area contributed by atoms with Crippen LogP contribution < -0.4 is 5.32 Å². The van der Waals surface area contributed by atoms with Gasteiger partial charge in [0.15, 0.2) is 5.82 Å². The van der Waals surface area contributed by atoms with Crippen molar-refractivity contribution < 1.29 is 4.79 Å². The molecular formula is C14H17N5OS. The molecule has 0 saturated heterocycles. The van der Waals surface area contributed by atoms with E-state index in [0.717, 1.165) is 0 Å².